The predicted molar refractivity (Wildman–Crippen MR) is 212 cm³/mol. The van der Waals surface area contributed by atoms with Crippen LogP contribution in [-0.2, 0) is 5.41 Å². The van der Waals surface area contributed by atoms with Crippen LogP contribution in [0.2, 0.25) is 0 Å². The number of rotatable bonds is 2. The molecule has 0 aliphatic heterocycles. The molecule has 0 saturated carbocycles. The minimum Gasteiger partial charge on any atom is -0.0622 e. The lowest BCUT2D eigenvalue weighted by Crippen LogP contribution is -2.30. The Morgan fingerprint density at radius 2 is 0.760 bits per heavy atom. The van der Waals surface area contributed by atoms with E-state index >= 15 is 0 Å². The lowest BCUT2D eigenvalue weighted by Gasteiger charge is -2.37. The van der Waals surface area contributed by atoms with Crippen molar-refractivity contribution in [2.45, 2.75) is 5.41 Å². The molecule has 234 valence electrons. The molecule has 2 aliphatic carbocycles. The van der Waals surface area contributed by atoms with E-state index in [4.69, 9.17) is 0 Å². The predicted octanol–water partition coefficient (Wildman–Crippen LogP) is 13.5. The van der Waals surface area contributed by atoms with Crippen molar-refractivity contribution in [1.29, 1.82) is 0 Å². The number of hydrogen-bond acceptors (Lipinski definition) is 0. The Hall–Kier alpha value is -5.76. The summed E-state index contributed by atoms with van der Waals surface area (Å²) in [6.45, 7) is 0. The van der Waals surface area contributed by atoms with Crippen LogP contribution in [0.15, 0.2) is 193 Å². The minimum absolute atomic E-state index is 0.602. The Labute approximate surface area is 301 Å². The van der Waals surface area contributed by atoms with Crippen LogP contribution in [0.1, 0.15) is 22.3 Å². The van der Waals surface area contributed by atoms with Crippen LogP contribution in [-0.4, -0.2) is 0 Å². The van der Waals surface area contributed by atoms with Gasteiger partial charge in [-0.3, -0.25) is 0 Å². The summed E-state index contributed by atoms with van der Waals surface area (Å²) in [5.74, 6) is 0. The molecule has 10 rings (SSSR count). The molecule has 50 heavy (non-hydrogen) atoms. The fraction of sp³-hybridized carbons (Fsp3) is 0.0204. The molecule has 0 nitrogen and oxygen atoms in total. The second kappa shape index (κ2) is 11.4. The molecule has 8 aromatic rings. The maximum absolute atomic E-state index is 4.06. The molecule has 0 fully saturated rings. The van der Waals surface area contributed by atoms with Crippen LogP contribution in [0, 0.1) is 0 Å². The molecule has 0 aromatic heterocycles. The van der Waals surface area contributed by atoms with Gasteiger partial charge in [0.1, 0.15) is 0 Å². The highest BCUT2D eigenvalue weighted by Gasteiger charge is 2.49. The number of fused-ring (bicyclic) bond motifs is 14. The minimum atomic E-state index is -0.602. The van der Waals surface area contributed by atoms with E-state index < -0.39 is 5.41 Å². The third kappa shape index (κ3) is 4.17. The first kappa shape index (κ1) is 29.2. The van der Waals surface area contributed by atoms with Gasteiger partial charge in [0.05, 0.1) is 5.41 Å². The molecule has 8 aromatic carbocycles. The van der Waals surface area contributed by atoms with Gasteiger partial charge in [-0.05, 0) is 102 Å². The maximum atomic E-state index is 4.06. The molecule has 0 heterocycles. The van der Waals surface area contributed by atoms with E-state index in [2.05, 4.69) is 204 Å². The van der Waals surface area contributed by atoms with Gasteiger partial charge in [0.2, 0.25) is 0 Å². The maximum Gasteiger partial charge on any atom is 0.0725 e. The molecule has 0 radical (unpaired) electrons. The van der Waals surface area contributed by atoms with Crippen LogP contribution in [0.5, 0.6) is 0 Å². The summed E-state index contributed by atoms with van der Waals surface area (Å²) in [4.78, 5) is 0. The van der Waals surface area contributed by atoms with Crippen LogP contribution in [0.4, 0.5) is 0 Å². The number of hydrogen-bond donors (Lipinski definition) is 0. The SMILES string of the molecule is Brc1cccc2c1-c1ccccc1-c1ccc(-c3ccccc3)cc1C1(c3ccccc3-c3ccccc31)c1ccc(-c3ccccc3)cc1-2. The van der Waals surface area contributed by atoms with E-state index in [-0.39, 0.29) is 0 Å². The van der Waals surface area contributed by atoms with Gasteiger partial charge in [0, 0.05) is 10.0 Å². The van der Waals surface area contributed by atoms with Gasteiger partial charge in [-0.15, -0.1) is 0 Å². The average molecular weight is 700 g/mol. The van der Waals surface area contributed by atoms with Gasteiger partial charge in [0.15, 0.2) is 0 Å². The Morgan fingerprint density at radius 3 is 1.42 bits per heavy atom. The third-order valence-electron chi connectivity index (χ3n) is 10.8. The highest BCUT2D eigenvalue weighted by molar-refractivity contribution is 9.10. The molecular formula is C49H31Br. The van der Waals surface area contributed by atoms with Gasteiger partial charge in [-0.1, -0.05) is 186 Å². The van der Waals surface area contributed by atoms with Crippen molar-refractivity contribution in [1.82, 2.24) is 0 Å². The van der Waals surface area contributed by atoms with Crippen LogP contribution >= 0.6 is 15.9 Å². The van der Waals surface area contributed by atoms with Crippen molar-refractivity contribution >= 4 is 15.9 Å². The summed E-state index contributed by atoms with van der Waals surface area (Å²) in [5, 5.41) is 0. The summed E-state index contributed by atoms with van der Waals surface area (Å²) in [6, 6.07) is 69.8. The highest BCUT2D eigenvalue weighted by Crippen LogP contribution is 2.61. The van der Waals surface area contributed by atoms with Crippen molar-refractivity contribution in [3.8, 4) is 66.8 Å². The molecule has 0 atom stereocenters. The Kier molecular flexibility index (Phi) is 6.66. The van der Waals surface area contributed by atoms with Gasteiger partial charge < -0.3 is 0 Å². The zero-order valence-corrected chi connectivity index (χ0v) is 28.9. The standard InChI is InChI=1S/C49H31Br/c50-47-25-13-22-41-42-30-34(32-14-3-1-4-15-32)27-29-45(42)49(43-23-11-9-19-37(43)38-20-10-12-24-44(38)49)46-31-35(33-16-5-2-6-17-33)26-28-39(46)36-18-7-8-21-40(36)48(41)47/h1-31H. The summed E-state index contributed by atoms with van der Waals surface area (Å²) >= 11 is 4.06. The first-order valence-electron chi connectivity index (χ1n) is 17.2. The van der Waals surface area contributed by atoms with E-state index in [9.17, 15) is 0 Å². The fourth-order valence-corrected chi connectivity index (χ4v) is 9.30. The Morgan fingerprint density at radius 1 is 0.280 bits per heavy atom. The van der Waals surface area contributed by atoms with Crippen molar-refractivity contribution in [3.05, 3.63) is 215 Å². The largest absolute Gasteiger partial charge is 0.0725 e. The first-order valence-corrected chi connectivity index (χ1v) is 18.0. The van der Waals surface area contributed by atoms with Crippen molar-refractivity contribution < 1.29 is 0 Å². The zero-order chi connectivity index (χ0) is 33.2. The van der Waals surface area contributed by atoms with Gasteiger partial charge in [0.25, 0.3) is 0 Å². The van der Waals surface area contributed by atoms with Gasteiger partial charge >= 0.3 is 0 Å². The summed E-state index contributed by atoms with van der Waals surface area (Å²) < 4.78 is 1.09. The lowest BCUT2D eigenvalue weighted by atomic mass is 9.64. The Balaban J connectivity index is 1.46. The van der Waals surface area contributed by atoms with Crippen LogP contribution in [0.25, 0.3) is 66.8 Å². The zero-order valence-electron chi connectivity index (χ0n) is 27.3. The van der Waals surface area contributed by atoms with E-state index in [0.29, 0.717) is 0 Å². The monoisotopic (exact) mass is 698 g/mol. The molecule has 0 N–H and O–H groups in total. The van der Waals surface area contributed by atoms with E-state index in [1.807, 2.05) is 0 Å². The normalized spacial score (nSPS) is 13.1. The number of benzene rings is 8. The van der Waals surface area contributed by atoms with Crippen LogP contribution < -0.4 is 0 Å². The van der Waals surface area contributed by atoms with E-state index in [1.54, 1.807) is 0 Å². The van der Waals surface area contributed by atoms with E-state index in [1.165, 1.54) is 89.0 Å². The molecule has 2 aliphatic rings. The fourth-order valence-electron chi connectivity index (χ4n) is 8.72. The van der Waals surface area contributed by atoms with Crippen molar-refractivity contribution in [2.24, 2.45) is 0 Å². The topological polar surface area (TPSA) is 0 Å². The van der Waals surface area contributed by atoms with Gasteiger partial charge in [-0.2, -0.15) is 0 Å². The summed E-state index contributed by atoms with van der Waals surface area (Å²) in [5.41, 5.74) is 19.4. The van der Waals surface area contributed by atoms with Crippen molar-refractivity contribution in [2.75, 3.05) is 0 Å². The highest BCUT2D eigenvalue weighted by atomic mass is 79.9. The first-order chi connectivity index (χ1) is 24.7. The van der Waals surface area contributed by atoms with E-state index in [0.717, 1.165) is 4.47 Å². The second-order valence-electron chi connectivity index (χ2n) is 13.3. The molecule has 1 heteroatoms. The number of halogens is 1. The molecule has 1 spiro atoms. The lowest BCUT2D eigenvalue weighted by molar-refractivity contribution is 0.773. The smallest absolute Gasteiger partial charge is 0.0622 e. The quantitative estimate of drug-likeness (QED) is 0.169. The van der Waals surface area contributed by atoms with Gasteiger partial charge in [-0.25, -0.2) is 0 Å². The summed E-state index contributed by atoms with van der Waals surface area (Å²) in [6.07, 6.45) is 0. The molecular weight excluding hydrogens is 668 g/mol. The average Bonchev–Trinajstić information content (AvgIpc) is 3.50. The molecule has 0 amide bonds. The third-order valence-corrected chi connectivity index (χ3v) is 11.5. The second-order valence-corrected chi connectivity index (χ2v) is 14.2. The summed E-state index contributed by atoms with van der Waals surface area (Å²) in [7, 11) is 0. The molecule has 0 unspecified atom stereocenters. The van der Waals surface area contributed by atoms with Crippen LogP contribution in [0.3, 0.4) is 0 Å². The Bertz CT molecular complexity index is 2550. The molecule has 0 bridgehead atoms. The molecule has 0 saturated heterocycles. The van der Waals surface area contributed by atoms with Crippen molar-refractivity contribution in [3.63, 3.8) is 0 Å².